The van der Waals surface area contributed by atoms with Gasteiger partial charge in [0.2, 0.25) is 15.9 Å². The van der Waals surface area contributed by atoms with Gasteiger partial charge < -0.3 is 10.6 Å². The highest BCUT2D eigenvalue weighted by Crippen LogP contribution is 2.08. The second kappa shape index (κ2) is 10.1. The van der Waals surface area contributed by atoms with Crippen molar-refractivity contribution in [1.29, 1.82) is 0 Å². The van der Waals surface area contributed by atoms with Crippen LogP contribution in [0.5, 0.6) is 0 Å². The normalized spacial score (nSPS) is 11.3. The fraction of sp³-hybridized carbons (Fsp3) is 0.316. The van der Waals surface area contributed by atoms with Gasteiger partial charge in [0.15, 0.2) is 0 Å². The molecule has 2 aromatic carbocycles. The van der Waals surface area contributed by atoms with Gasteiger partial charge in [0.25, 0.3) is 0 Å². The fourth-order valence-electron chi connectivity index (χ4n) is 2.52. The standard InChI is InChI=1S/C19H25N3O3S/c20-26(24,25)18-10-8-17(9-11-18)12-14-22-19(23)15-21-13-4-7-16-5-2-1-3-6-16/h1-3,5-6,8-11,21H,4,7,12-15H2,(H,22,23)(H2,20,24,25). The minimum atomic E-state index is -3.66. The molecule has 2 rings (SSSR count). The Balaban J connectivity index is 1.57. The number of benzene rings is 2. The first-order chi connectivity index (χ1) is 12.4. The number of amides is 1. The molecule has 0 unspecified atom stereocenters. The van der Waals surface area contributed by atoms with Crippen LogP contribution in [0.3, 0.4) is 0 Å². The van der Waals surface area contributed by atoms with Gasteiger partial charge in [-0.15, -0.1) is 0 Å². The van der Waals surface area contributed by atoms with Crippen LogP contribution >= 0.6 is 0 Å². The molecule has 0 atom stereocenters. The lowest BCUT2D eigenvalue weighted by atomic mass is 10.1. The minimum absolute atomic E-state index is 0.0501. The summed E-state index contributed by atoms with van der Waals surface area (Å²) < 4.78 is 22.4. The summed E-state index contributed by atoms with van der Waals surface area (Å²) in [4.78, 5) is 11.9. The average Bonchev–Trinajstić information content (AvgIpc) is 2.62. The molecule has 0 aromatic heterocycles. The second-order valence-electron chi connectivity index (χ2n) is 6.05. The molecule has 140 valence electrons. The van der Waals surface area contributed by atoms with Gasteiger partial charge in [-0.3, -0.25) is 4.79 Å². The quantitative estimate of drug-likeness (QED) is 0.543. The summed E-state index contributed by atoms with van der Waals surface area (Å²) in [6, 6.07) is 16.6. The van der Waals surface area contributed by atoms with Crippen molar-refractivity contribution in [3.8, 4) is 0 Å². The van der Waals surface area contributed by atoms with Crippen LogP contribution in [-0.4, -0.2) is 34.0 Å². The van der Waals surface area contributed by atoms with Crippen LogP contribution in [0.4, 0.5) is 0 Å². The number of nitrogens with two attached hydrogens (primary N) is 1. The SMILES string of the molecule is NS(=O)(=O)c1ccc(CCNC(=O)CNCCCc2ccccc2)cc1. The zero-order chi connectivity index (χ0) is 18.8. The Hall–Kier alpha value is -2.22. The third-order valence-corrected chi connectivity index (χ3v) is 4.86. The van der Waals surface area contributed by atoms with E-state index >= 15 is 0 Å². The molecule has 1 amide bonds. The minimum Gasteiger partial charge on any atom is -0.355 e. The van der Waals surface area contributed by atoms with Gasteiger partial charge in [-0.05, 0) is 49.1 Å². The van der Waals surface area contributed by atoms with Crippen molar-refractivity contribution >= 4 is 15.9 Å². The van der Waals surface area contributed by atoms with Crippen molar-refractivity contribution in [2.24, 2.45) is 5.14 Å². The average molecular weight is 375 g/mol. The van der Waals surface area contributed by atoms with E-state index in [4.69, 9.17) is 5.14 Å². The summed E-state index contributed by atoms with van der Waals surface area (Å²) >= 11 is 0. The van der Waals surface area contributed by atoms with Crippen molar-refractivity contribution in [3.05, 3.63) is 65.7 Å². The zero-order valence-electron chi connectivity index (χ0n) is 14.6. The molecule has 4 N–H and O–H groups in total. The van der Waals surface area contributed by atoms with Crippen molar-refractivity contribution in [2.45, 2.75) is 24.2 Å². The van der Waals surface area contributed by atoms with Crippen LogP contribution < -0.4 is 15.8 Å². The number of hydrogen-bond donors (Lipinski definition) is 3. The summed E-state index contributed by atoms with van der Waals surface area (Å²) in [7, 11) is -3.66. The van der Waals surface area contributed by atoms with Crippen molar-refractivity contribution in [1.82, 2.24) is 10.6 Å². The maximum Gasteiger partial charge on any atom is 0.238 e. The van der Waals surface area contributed by atoms with Gasteiger partial charge in [-0.2, -0.15) is 0 Å². The van der Waals surface area contributed by atoms with Crippen molar-refractivity contribution < 1.29 is 13.2 Å². The van der Waals surface area contributed by atoms with Crippen LogP contribution in [0.1, 0.15) is 17.5 Å². The molecule has 0 spiro atoms. The number of primary sulfonamides is 1. The molecule has 0 saturated heterocycles. The van der Waals surface area contributed by atoms with E-state index in [0.717, 1.165) is 24.9 Å². The highest BCUT2D eigenvalue weighted by molar-refractivity contribution is 7.89. The first kappa shape index (κ1) is 20.1. The molecule has 0 saturated carbocycles. The lowest BCUT2D eigenvalue weighted by Crippen LogP contribution is -2.35. The van der Waals surface area contributed by atoms with E-state index in [1.807, 2.05) is 18.2 Å². The molecule has 0 radical (unpaired) electrons. The van der Waals surface area contributed by atoms with Gasteiger partial charge in [-0.25, -0.2) is 13.6 Å². The van der Waals surface area contributed by atoms with Crippen LogP contribution in [-0.2, 0) is 27.7 Å². The number of hydrogen-bond acceptors (Lipinski definition) is 4. The Morgan fingerprint density at radius 1 is 0.885 bits per heavy atom. The van der Waals surface area contributed by atoms with Crippen molar-refractivity contribution in [3.63, 3.8) is 0 Å². The Labute approximate surface area is 154 Å². The molecule has 2 aromatic rings. The third-order valence-electron chi connectivity index (χ3n) is 3.94. The summed E-state index contributed by atoms with van der Waals surface area (Å²) in [5, 5.41) is 11.0. The topological polar surface area (TPSA) is 101 Å². The van der Waals surface area contributed by atoms with E-state index < -0.39 is 10.0 Å². The van der Waals surface area contributed by atoms with E-state index in [1.165, 1.54) is 17.7 Å². The van der Waals surface area contributed by atoms with Crippen molar-refractivity contribution in [2.75, 3.05) is 19.6 Å². The largest absolute Gasteiger partial charge is 0.355 e. The van der Waals surface area contributed by atoms with Gasteiger partial charge in [0, 0.05) is 6.54 Å². The molecule has 0 bridgehead atoms. The predicted octanol–water partition coefficient (Wildman–Crippen LogP) is 1.22. The molecule has 0 fully saturated rings. The molecule has 0 aliphatic heterocycles. The van der Waals surface area contributed by atoms with E-state index in [9.17, 15) is 13.2 Å². The number of sulfonamides is 1. The Morgan fingerprint density at radius 2 is 1.54 bits per heavy atom. The summed E-state index contributed by atoms with van der Waals surface area (Å²) in [6.07, 6.45) is 2.60. The maximum absolute atomic E-state index is 11.8. The number of nitrogens with one attached hydrogen (secondary N) is 2. The molecule has 0 aliphatic carbocycles. The lowest BCUT2D eigenvalue weighted by molar-refractivity contribution is -0.120. The van der Waals surface area contributed by atoms with Gasteiger partial charge in [-0.1, -0.05) is 42.5 Å². The number of rotatable bonds is 10. The maximum atomic E-state index is 11.8. The van der Waals surface area contributed by atoms with E-state index in [1.54, 1.807) is 12.1 Å². The molecule has 26 heavy (non-hydrogen) atoms. The van der Waals surface area contributed by atoms with Crippen LogP contribution in [0.15, 0.2) is 59.5 Å². The highest BCUT2D eigenvalue weighted by atomic mass is 32.2. The second-order valence-corrected chi connectivity index (χ2v) is 7.62. The smallest absolute Gasteiger partial charge is 0.238 e. The number of carbonyl (C=O) groups is 1. The summed E-state index contributed by atoms with van der Waals surface area (Å²) in [5.41, 5.74) is 2.24. The summed E-state index contributed by atoms with van der Waals surface area (Å²) in [5.74, 6) is -0.0501. The monoisotopic (exact) mass is 375 g/mol. The Bertz CT molecular complexity index is 791. The molecule has 7 heteroatoms. The van der Waals surface area contributed by atoms with Gasteiger partial charge in [0.05, 0.1) is 11.4 Å². The highest BCUT2D eigenvalue weighted by Gasteiger charge is 2.07. The number of aryl methyl sites for hydroxylation is 1. The first-order valence-corrected chi connectivity index (χ1v) is 10.1. The van der Waals surface area contributed by atoms with Crippen LogP contribution in [0.25, 0.3) is 0 Å². The third kappa shape index (κ3) is 7.35. The van der Waals surface area contributed by atoms with Crippen LogP contribution in [0, 0.1) is 0 Å². The molecule has 6 nitrogen and oxygen atoms in total. The molecule has 0 heterocycles. The lowest BCUT2D eigenvalue weighted by Gasteiger charge is -2.07. The van der Waals surface area contributed by atoms with Gasteiger partial charge >= 0.3 is 0 Å². The fourth-order valence-corrected chi connectivity index (χ4v) is 3.03. The van der Waals surface area contributed by atoms with E-state index in [2.05, 4.69) is 22.8 Å². The van der Waals surface area contributed by atoms with E-state index in [0.29, 0.717) is 19.5 Å². The van der Waals surface area contributed by atoms with E-state index in [-0.39, 0.29) is 10.8 Å². The number of carbonyl (C=O) groups excluding carboxylic acids is 1. The first-order valence-electron chi connectivity index (χ1n) is 8.58. The zero-order valence-corrected chi connectivity index (χ0v) is 15.5. The van der Waals surface area contributed by atoms with Crippen LogP contribution in [0.2, 0.25) is 0 Å². The molecule has 0 aliphatic rings. The molecular formula is C19H25N3O3S. The summed E-state index contributed by atoms with van der Waals surface area (Å²) in [6.45, 7) is 1.58. The predicted molar refractivity (Wildman–Crippen MR) is 102 cm³/mol. The Kier molecular flexibility index (Phi) is 7.77. The Morgan fingerprint density at radius 3 is 2.19 bits per heavy atom. The molecular weight excluding hydrogens is 350 g/mol. The van der Waals surface area contributed by atoms with Gasteiger partial charge in [0.1, 0.15) is 0 Å².